The lowest BCUT2D eigenvalue weighted by atomic mass is 10.0. The molecule has 7 heteroatoms. The van der Waals surface area contributed by atoms with E-state index < -0.39 is 15.6 Å². The van der Waals surface area contributed by atoms with Gasteiger partial charge in [-0.3, -0.25) is 0 Å². The zero-order valence-electron chi connectivity index (χ0n) is 11.4. The van der Waals surface area contributed by atoms with Gasteiger partial charge < -0.3 is 9.84 Å². The highest BCUT2D eigenvalue weighted by molar-refractivity contribution is 7.89. The van der Waals surface area contributed by atoms with Crippen molar-refractivity contribution >= 4 is 21.6 Å². The van der Waals surface area contributed by atoms with Gasteiger partial charge in [0.25, 0.3) is 0 Å². The third kappa shape index (κ3) is 3.44. The lowest BCUT2D eigenvalue weighted by molar-refractivity contribution is 0.0422. The Hall–Kier alpha value is -0.820. The summed E-state index contributed by atoms with van der Waals surface area (Å²) in [7, 11) is -2.24. The SMILES string of the molecule is COc1ccc(S(=O)(=O)NCC(C)(O)C2CC2)cc1Cl. The monoisotopic (exact) mass is 319 g/mol. The van der Waals surface area contributed by atoms with Gasteiger partial charge in [0.1, 0.15) is 5.75 Å². The third-order valence-electron chi connectivity index (χ3n) is 3.51. The van der Waals surface area contributed by atoms with Crippen molar-refractivity contribution in [2.45, 2.75) is 30.3 Å². The molecule has 2 N–H and O–H groups in total. The number of benzene rings is 1. The van der Waals surface area contributed by atoms with E-state index in [0.717, 1.165) is 12.8 Å². The molecule has 1 aromatic carbocycles. The van der Waals surface area contributed by atoms with Gasteiger partial charge in [-0.25, -0.2) is 13.1 Å². The molecule has 1 unspecified atom stereocenters. The number of halogens is 1. The van der Waals surface area contributed by atoms with E-state index >= 15 is 0 Å². The molecule has 2 rings (SSSR count). The van der Waals surface area contributed by atoms with E-state index in [2.05, 4.69) is 4.72 Å². The summed E-state index contributed by atoms with van der Waals surface area (Å²) in [6, 6.07) is 4.24. The standard InChI is InChI=1S/C13H18ClNO4S/c1-13(16,9-3-4-9)8-15-20(17,18)10-5-6-12(19-2)11(14)7-10/h5-7,9,15-16H,3-4,8H2,1-2H3. The lowest BCUT2D eigenvalue weighted by Crippen LogP contribution is -2.42. The molecule has 0 bridgehead atoms. The summed E-state index contributed by atoms with van der Waals surface area (Å²) in [4.78, 5) is 0.0508. The quantitative estimate of drug-likeness (QED) is 0.838. The van der Waals surface area contributed by atoms with Crippen molar-refractivity contribution in [2.24, 2.45) is 5.92 Å². The van der Waals surface area contributed by atoms with Crippen LogP contribution in [0.15, 0.2) is 23.1 Å². The predicted molar refractivity (Wildman–Crippen MR) is 76.5 cm³/mol. The molecule has 0 aliphatic heterocycles. The van der Waals surface area contributed by atoms with Gasteiger partial charge >= 0.3 is 0 Å². The number of ether oxygens (including phenoxy) is 1. The van der Waals surface area contributed by atoms with E-state index in [0.29, 0.717) is 5.75 Å². The predicted octanol–water partition coefficient (Wildman–Crippen LogP) is 1.79. The molecule has 0 spiro atoms. The Bertz CT molecular complexity index is 596. The minimum absolute atomic E-state index is 0.0103. The first-order valence-corrected chi connectivity index (χ1v) is 8.18. The van der Waals surface area contributed by atoms with Crippen LogP contribution in [0.5, 0.6) is 5.75 Å². The molecule has 112 valence electrons. The normalized spacial score (nSPS) is 18.6. The summed E-state index contributed by atoms with van der Waals surface area (Å²) >= 11 is 5.92. The van der Waals surface area contributed by atoms with Crippen LogP contribution in [-0.2, 0) is 10.0 Å². The first kappa shape index (κ1) is 15.6. The highest BCUT2D eigenvalue weighted by Gasteiger charge is 2.40. The van der Waals surface area contributed by atoms with Crippen LogP contribution in [0.4, 0.5) is 0 Å². The Morgan fingerprint density at radius 1 is 1.50 bits per heavy atom. The van der Waals surface area contributed by atoms with Crippen molar-refractivity contribution in [1.82, 2.24) is 4.72 Å². The zero-order chi connectivity index (χ0) is 15.0. The molecule has 20 heavy (non-hydrogen) atoms. The van der Waals surface area contributed by atoms with Crippen molar-refractivity contribution in [2.75, 3.05) is 13.7 Å². The van der Waals surface area contributed by atoms with Gasteiger partial charge in [-0.2, -0.15) is 0 Å². The van der Waals surface area contributed by atoms with Crippen molar-refractivity contribution in [1.29, 1.82) is 0 Å². The summed E-state index contributed by atoms with van der Waals surface area (Å²) in [5, 5.41) is 10.4. The molecule has 0 heterocycles. The van der Waals surface area contributed by atoms with Crippen LogP contribution < -0.4 is 9.46 Å². The molecule has 0 saturated heterocycles. The zero-order valence-corrected chi connectivity index (χ0v) is 13.0. The fraction of sp³-hybridized carbons (Fsp3) is 0.538. The molecule has 0 aromatic heterocycles. The maximum atomic E-state index is 12.2. The van der Waals surface area contributed by atoms with E-state index in [9.17, 15) is 13.5 Å². The Balaban J connectivity index is 2.12. The van der Waals surface area contributed by atoms with E-state index in [1.807, 2.05) is 0 Å². The average Bonchev–Trinajstić information content (AvgIpc) is 3.21. The van der Waals surface area contributed by atoms with Gasteiger partial charge in [-0.1, -0.05) is 11.6 Å². The minimum Gasteiger partial charge on any atom is -0.495 e. The molecule has 5 nitrogen and oxygen atoms in total. The second-order valence-corrected chi connectivity index (χ2v) is 7.43. The van der Waals surface area contributed by atoms with Gasteiger partial charge in [0.2, 0.25) is 10.0 Å². The highest BCUT2D eigenvalue weighted by atomic mass is 35.5. The number of rotatable bonds is 6. The maximum absolute atomic E-state index is 12.2. The number of hydrogen-bond donors (Lipinski definition) is 2. The summed E-state index contributed by atoms with van der Waals surface area (Å²) in [5.74, 6) is 0.584. The summed E-state index contributed by atoms with van der Waals surface area (Å²) in [6.07, 6.45) is 1.87. The molecular formula is C13H18ClNO4S. The minimum atomic E-state index is -3.70. The van der Waals surface area contributed by atoms with Gasteiger partial charge in [0, 0.05) is 6.54 Å². The molecule has 1 aliphatic carbocycles. The van der Waals surface area contributed by atoms with E-state index in [1.54, 1.807) is 6.92 Å². The summed E-state index contributed by atoms with van der Waals surface area (Å²) < 4.78 is 31.7. The fourth-order valence-corrected chi connectivity index (χ4v) is 3.48. The van der Waals surface area contributed by atoms with E-state index in [1.165, 1.54) is 25.3 Å². The third-order valence-corrected chi connectivity index (χ3v) is 5.20. The Morgan fingerprint density at radius 2 is 2.15 bits per heavy atom. The first-order chi connectivity index (χ1) is 9.26. The number of nitrogens with one attached hydrogen (secondary N) is 1. The molecule has 0 radical (unpaired) electrons. The Morgan fingerprint density at radius 3 is 2.65 bits per heavy atom. The van der Waals surface area contributed by atoms with Crippen molar-refractivity contribution < 1.29 is 18.3 Å². The summed E-state index contributed by atoms with van der Waals surface area (Å²) in [5.41, 5.74) is -1.01. The number of methoxy groups -OCH3 is 1. The van der Waals surface area contributed by atoms with Crippen LogP contribution in [0, 0.1) is 5.92 Å². The number of hydrogen-bond acceptors (Lipinski definition) is 4. The number of sulfonamides is 1. The molecule has 1 saturated carbocycles. The lowest BCUT2D eigenvalue weighted by Gasteiger charge is -2.23. The topological polar surface area (TPSA) is 75.6 Å². The van der Waals surface area contributed by atoms with Gasteiger partial charge in [0.15, 0.2) is 0 Å². The molecule has 1 aliphatic rings. The van der Waals surface area contributed by atoms with Gasteiger partial charge in [-0.15, -0.1) is 0 Å². The van der Waals surface area contributed by atoms with Crippen LogP contribution in [-0.4, -0.2) is 32.8 Å². The first-order valence-electron chi connectivity index (χ1n) is 6.32. The second-order valence-electron chi connectivity index (χ2n) is 5.25. The molecule has 1 atom stereocenters. The van der Waals surface area contributed by atoms with Crippen molar-refractivity contribution in [3.8, 4) is 5.75 Å². The smallest absolute Gasteiger partial charge is 0.240 e. The van der Waals surface area contributed by atoms with Crippen LogP contribution >= 0.6 is 11.6 Å². The maximum Gasteiger partial charge on any atom is 0.240 e. The fourth-order valence-electron chi connectivity index (χ4n) is 1.99. The van der Waals surface area contributed by atoms with Crippen LogP contribution in [0.3, 0.4) is 0 Å². The van der Waals surface area contributed by atoms with Gasteiger partial charge in [0.05, 0.1) is 22.6 Å². The molecule has 0 amide bonds. The van der Waals surface area contributed by atoms with E-state index in [-0.39, 0.29) is 22.4 Å². The van der Waals surface area contributed by atoms with Crippen molar-refractivity contribution in [3.05, 3.63) is 23.2 Å². The Labute approximate surface area is 124 Å². The number of aliphatic hydroxyl groups is 1. The summed E-state index contributed by atoms with van der Waals surface area (Å²) in [6.45, 7) is 1.64. The van der Waals surface area contributed by atoms with Gasteiger partial charge in [-0.05, 0) is 43.9 Å². The highest BCUT2D eigenvalue weighted by Crippen LogP contribution is 2.39. The van der Waals surface area contributed by atoms with Crippen LogP contribution in [0.2, 0.25) is 5.02 Å². The molecular weight excluding hydrogens is 302 g/mol. The second kappa shape index (κ2) is 5.52. The van der Waals surface area contributed by atoms with Crippen molar-refractivity contribution in [3.63, 3.8) is 0 Å². The largest absolute Gasteiger partial charge is 0.495 e. The average molecular weight is 320 g/mol. The molecule has 1 aromatic rings. The molecule has 1 fully saturated rings. The van der Waals surface area contributed by atoms with Crippen LogP contribution in [0.25, 0.3) is 0 Å². The van der Waals surface area contributed by atoms with E-state index in [4.69, 9.17) is 16.3 Å². The Kier molecular flexibility index (Phi) is 4.30. The van der Waals surface area contributed by atoms with Crippen LogP contribution in [0.1, 0.15) is 19.8 Å².